The molecule has 0 aliphatic heterocycles. The van der Waals surface area contributed by atoms with Crippen molar-refractivity contribution < 1.29 is 14.5 Å². The van der Waals surface area contributed by atoms with E-state index in [4.69, 9.17) is 4.74 Å². The maximum atomic E-state index is 12.0. The molecular weight excluding hydrogens is 296 g/mol. The SMILES string of the molecule is CCOC(=O)N(CCN(CC)CC)c1ncc([N+](=O)[O-])s1. The van der Waals surface area contributed by atoms with E-state index in [9.17, 15) is 14.9 Å². The number of amides is 1. The van der Waals surface area contributed by atoms with Crippen molar-refractivity contribution in [3.8, 4) is 0 Å². The van der Waals surface area contributed by atoms with E-state index in [-0.39, 0.29) is 16.7 Å². The molecule has 0 fully saturated rings. The fourth-order valence-corrected chi connectivity index (χ4v) is 2.46. The van der Waals surface area contributed by atoms with E-state index in [2.05, 4.69) is 9.88 Å². The molecule has 0 radical (unpaired) electrons. The zero-order valence-electron chi connectivity index (χ0n) is 12.4. The minimum Gasteiger partial charge on any atom is -0.449 e. The van der Waals surface area contributed by atoms with Gasteiger partial charge in [-0.2, -0.15) is 0 Å². The highest BCUT2D eigenvalue weighted by Crippen LogP contribution is 2.28. The summed E-state index contributed by atoms with van der Waals surface area (Å²) in [6.07, 6.45) is 0.623. The number of nitrogens with zero attached hydrogens (tertiary/aromatic N) is 4. The minimum absolute atomic E-state index is 0.0952. The maximum Gasteiger partial charge on any atom is 0.416 e. The van der Waals surface area contributed by atoms with Gasteiger partial charge >= 0.3 is 11.1 Å². The average Bonchev–Trinajstić information content (AvgIpc) is 2.93. The van der Waals surface area contributed by atoms with Gasteiger partial charge in [-0.3, -0.25) is 15.0 Å². The van der Waals surface area contributed by atoms with Crippen LogP contribution in [-0.2, 0) is 4.74 Å². The number of thiazole rings is 1. The zero-order valence-corrected chi connectivity index (χ0v) is 13.3. The second-order valence-electron chi connectivity index (χ2n) is 4.12. The van der Waals surface area contributed by atoms with E-state index < -0.39 is 11.0 Å². The lowest BCUT2D eigenvalue weighted by Gasteiger charge is -2.23. The Kier molecular flexibility index (Phi) is 7.03. The summed E-state index contributed by atoms with van der Waals surface area (Å²) < 4.78 is 4.99. The maximum absolute atomic E-state index is 12.0. The van der Waals surface area contributed by atoms with Crippen molar-refractivity contribution in [2.75, 3.05) is 37.7 Å². The summed E-state index contributed by atoms with van der Waals surface area (Å²) in [6.45, 7) is 8.79. The lowest BCUT2D eigenvalue weighted by molar-refractivity contribution is -0.380. The van der Waals surface area contributed by atoms with Gasteiger partial charge in [0.15, 0.2) is 0 Å². The number of hydrogen-bond acceptors (Lipinski definition) is 7. The quantitative estimate of drug-likeness (QED) is 0.540. The van der Waals surface area contributed by atoms with Gasteiger partial charge < -0.3 is 9.64 Å². The molecule has 0 bridgehead atoms. The molecule has 21 heavy (non-hydrogen) atoms. The second kappa shape index (κ2) is 8.53. The molecule has 0 aliphatic carbocycles. The van der Waals surface area contributed by atoms with Crippen molar-refractivity contribution in [1.29, 1.82) is 0 Å². The van der Waals surface area contributed by atoms with Crippen LogP contribution in [0.25, 0.3) is 0 Å². The molecule has 0 saturated carbocycles. The highest BCUT2D eigenvalue weighted by molar-refractivity contribution is 7.18. The minimum atomic E-state index is -0.533. The van der Waals surface area contributed by atoms with Crippen LogP contribution in [-0.4, -0.2) is 53.7 Å². The van der Waals surface area contributed by atoms with Gasteiger partial charge in [0.25, 0.3) is 0 Å². The molecule has 0 atom stereocenters. The topological polar surface area (TPSA) is 88.8 Å². The summed E-state index contributed by atoms with van der Waals surface area (Å²) in [7, 11) is 0. The van der Waals surface area contributed by atoms with Crippen molar-refractivity contribution in [3.05, 3.63) is 16.3 Å². The van der Waals surface area contributed by atoms with Crippen LogP contribution in [0.2, 0.25) is 0 Å². The summed E-state index contributed by atoms with van der Waals surface area (Å²) >= 11 is 0.867. The smallest absolute Gasteiger partial charge is 0.416 e. The molecular formula is C12H20N4O4S. The Morgan fingerprint density at radius 1 is 1.38 bits per heavy atom. The summed E-state index contributed by atoms with van der Waals surface area (Å²) in [5.41, 5.74) is 0. The Balaban J connectivity index is 2.85. The van der Waals surface area contributed by atoms with Gasteiger partial charge in [0.2, 0.25) is 5.13 Å². The van der Waals surface area contributed by atoms with E-state index in [1.165, 1.54) is 4.90 Å². The van der Waals surface area contributed by atoms with Crippen molar-refractivity contribution in [2.24, 2.45) is 0 Å². The Morgan fingerprint density at radius 2 is 2.05 bits per heavy atom. The van der Waals surface area contributed by atoms with E-state index in [1.807, 2.05) is 13.8 Å². The molecule has 0 unspecified atom stereocenters. The number of aromatic nitrogens is 1. The Hall–Kier alpha value is -1.74. The molecule has 1 aromatic rings. The van der Waals surface area contributed by atoms with Gasteiger partial charge in [0, 0.05) is 13.1 Å². The van der Waals surface area contributed by atoms with Crippen LogP contribution in [0.1, 0.15) is 20.8 Å². The third-order valence-corrected chi connectivity index (χ3v) is 3.89. The number of carbonyl (C=O) groups excluding carboxylic acids is 1. The number of carbonyl (C=O) groups is 1. The summed E-state index contributed by atoms with van der Waals surface area (Å²) in [6, 6.07) is 0. The zero-order chi connectivity index (χ0) is 15.8. The molecule has 9 heteroatoms. The normalized spacial score (nSPS) is 10.7. The predicted molar refractivity (Wildman–Crippen MR) is 80.9 cm³/mol. The van der Waals surface area contributed by atoms with Gasteiger partial charge in [-0.1, -0.05) is 13.8 Å². The number of anilines is 1. The molecule has 0 aliphatic rings. The first kappa shape index (κ1) is 17.3. The molecule has 0 spiro atoms. The Labute approximate surface area is 127 Å². The molecule has 8 nitrogen and oxygen atoms in total. The van der Waals surface area contributed by atoms with Gasteiger partial charge in [-0.05, 0) is 31.4 Å². The van der Waals surface area contributed by atoms with Crippen LogP contribution in [0.4, 0.5) is 14.9 Å². The first-order valence-electron chi connectivity index (χ1n) is 6.80. The molecule has 0 saturated heterocycles. The van der Waals surface area contributed by atoms with Gasteiger partial charge in [0.05, 0.1) is 11.5 Å². The predicted octanol–water partition coefficient (Wildman–Crippen LogP) is 2.36. The van der Waals surface area contributed by atoms with Crippen LogP contribution in [0, 0.1) is 10.1 Å². The highest BCUT2D eigenvalue weighted by Gasteiger charge is 2.23. The number of hydrogen-bond donors (Lipinski definition) is 0. The summed E-state index contributed by atoms with van der Waals surface area (Å²) in [5, 5.41) is 10.9. The summed E-state index contributed by atoms with van der Waals surface area (Å²) in [4.78, 5) is 29.6. The summed E-state index contributed by atoms with van der Waals surface area (Å²) in [5.74, 6) is 0. The third-order valence-electron chi connectivity index (χ3n) is 2.91. The van der Waals surface area contributed by atoms with Crippen LogP contribution < -0.4 is 4.90 Å². The van der Waals surface area contributed by atoms with Crippen molar-refractivity contribution in [1.82, 2.24) is 9.88 Å². The van der Waals surface area contributed by atoms with Crippen molar-refractivity contribution >= 4 is 27.6 Å². The van der Waals surface area contributed by atoms with Gasteiger partial charge in [0.1, 0.15) is 6.20 Å². The van der Waals surface area contributed by atoms with E-state index in [1.54, 1.807) is 6.92 Å². The number of nitro groups is 1. The average molecular weight is 316 g/mol. The molecule has 118 valence electrons. The highest BCUT2D eigenvalue weighted by atomic mass is 32.1. The first-order valence-corrected chi connectivity index (χ1v) is 7.61. The lowest BCUT2D eigenvalue weighted by atomic mass is 10.4. The van der Waals surface area contributed by atoms with Crippen LogP contribution in [0.15, 0.2) is 6.20 Å². The fourth-order valence-electron chi connectivity index (χ4n) is 1.71. The largest absolute Gasteiger partial charge is 0.449 e. The Bertz CT molecular complexity index is 476. The van der Waals surface area contributed by atoms with Crippen LogP contribution in [0.5, 0.6) is 0 Å². The number of likely N-dealkylation sites (N-methyl/N-ethyl adjacent to an activating group) is 1. The molecule has 0 N–H and O–H groups in total. The molecule has 1 rings (SSSR count). The third kappa shape index (κ3) is 4.94. The molecule has 1 heterocycles. The first-order chi connectivity index (χ1) is 10.0. The molecule has 1 amide bonds. The number of ether oxygens (including phenoxy) is 1. The van der Waals surface area contributed by atoms with Crippen LogP contribution in [0.3, 0.4) is 0 Å². The monoisotopic (exact) mass is 316 g/mol. The molecule has 1 aromatic heterocycles. The fraction of sp³-hybridized carbons (Fsp3) is 0.667. The van der Waals surface area contributed by atoms with Crippen LogP contribution >= 0.6 is 11.3 Å². The molecule has 0 aromatic carbocycles. The van der Waals surface area contributed by atoms with Gasteiger partial charge in [-0.25, -0.2) is 9.78 Å². The Morgan fingerprint density at radius 3 is 2.52 bits per heavy atom. The van der Waals surface area contributed by atoms with Crippen molar-refractivity contribution in [3.63, 3.8) is 0 Å². The second-order valence-corrected chi connectivity index (χ2v) is 5.10. The standard InChI is InChI=1S/C12H20N4O4S/c1-4-14(5-2)7-8-15(12(17)20-6-3)11-13-9-10(21-11)16(18)19/h9H,4-8H2,1-3H3. The van der Waals surface area contributed by atoms with Crippen molar-refractivity contribution in [2.45, 2.75) is 20.8 Å². The number of rotatable bonds is 8. The van der Waals surface area contributed by atoms with Gasteiger partial charge in [-0.15, -0.1) is 0 Å². The van der Waals surface area contributed by atoms with E-state index in [0.717, 1.165) is 30.6 Å². The van der Waals surface area contributed by atoms with E-state index in [0.29, 0.717) is 13.1 Å². The lowest BCUT2D eigenvalue weighted by Crippen LogP contribution is -2.39. The van der Waals surface area contributed by atoms with E-state index >= 15 is 0 Å².